The largest absolute Gasteiger partial charge is 0.496 e. The molecule has 0 radical (unpaired) electrons. The fraction of sp³-hybridized carbons (Fsp3) is 0.185. The Hall–Kier alpha value is -4.03. The van der Waals surface area contributed by atoms with E-state index in [1.165, 1.54) is 18.0 Å². The van der Waals surface area contributed by atoms with Crippen LogP contribution in [0.5, 0.6) is 23.0 Å². The van der Waals surface area contributed by atoms with Crippen molar-refractivity contribution < 1.29 is 23.7 Å². The van der Waals surface area contributed by atoms with Crippen molar-refractivity contribution in [1.82, 2.24) is 20.2 Å². The lowest BCUT2D eigenvalue weighted by Gasteiger charge is -2.15. The number of halogens is 1. The summed E-state index contributed by atoms with van der Waals surface area (Å²) in [6.45, 7) is 0. The van der Waals surface area contributed by atoms with E-state index in [-0.39, 0.29) is 11.7 Å². The van der Waals surface area contributed by atoms with E-state index in [2.05, 4.69) is 36.7 Å². The zero-order chi connectivity index (χ0) is 27.8. The molecule has 0 saturated heterocycles. The number of amides is 1. The third-order valence-corrected chi connectivity index (χ3v) is 6.91. The van der Waals surface area contributed by atoms with Crippen LogP contribution >= 0.6 is 27.7 Å². The summed E-state index contributed by atoms with van der Waals surface area (Å²) >= 11 is 4.66. The maximum absolute atomic E-state index is 12.6. The van der Waals surface area contributed by atoms with Crippen LogP contribution in [0.3, 0.4) is 0 Å². The monoisotopic (exact) mass is 611 g/mol. The lowest BCUT2D eigenvalue weighted by atomic mass is 10.1. The zero-order valence-electron chi connectivity index (χ0n) is 21.7. The smallest absolute Gasteiger partial charge is 0.250 e. The van der Waals surface area contributed by atoms with Crippen molar-refractivity contribution in [3.05, 3.63) is 70.7 Å². The van der Waals surface area contributed by atoms with E-state index >= 15 is 0 Å². The molecule has 0 aliphatic heterocycles. The summed E-state index contributed by atoms with van der Waals surface area (Å²) in [5, 5.41) is 13.4. The minimum absolute atomic E-state index is 0.0627. The molecule has 202 valence electrons. The molecule has 4 aromatic rings. The molecule has 0 atom stereocenters. The summed E-state index contributed by atoms with van der Waals surface area (Å²) < 4.78 is 24.6. The van der Waals surface area contributed by atoms with E-state index in [1.807, 2.05) is 53.1 Å². The fourth-order valence-electron chi connectivity index (χ4n) is 3.71. The number of carbonyl (C=O) groups excluding carboxylic acids is 1. The predicted octanol–water partition coefficient (Wildman–Crippen LogP) is 4.97. The number of thioether (sulfide) groups is 1. The van der Waals surface area contributed by atoms with Gasteiger partial charge in [0.1, 0.15) is 5.75 Å². The van der Waals surface area contributed by atoms with Crippen molar-refractivity contribution in [1.29, 1.82) is 0 Å². The highest BCUT2D eigenvalue weighted by Crippen LogP contribution is 2.41. The number of hydrogen-bond acceptors (Lipinski definition) is 9. The Morgan fingerprint density at radius 3 is 2.28 bits per heavy atom. The van der Waals surface area contributed by atoms with Gasteiger partial charge in [-0.25, -0.2) is 5.43 Å². The minimum Gasteiger partial charge on any atom is -0.496 e. The number of nitrogens with one attached hydrogen (secondary N) is 1. The molecule has 0 fully saturated rings. The Morgan fingerprint density at radius 2 is 1.64 bits per heavy atom. The number of aromatic nitrogens is 3. The van der Waals surface area contributed by atoms with Gasteiger partial charge >= 0.3 is 0 Å². The van der Waals surface area contributed by atoms with Gasteiger partial charge in [0, 0.05) is 21.3 Å². The van der Waals surface area contributed by atoms with Crippen LogP contribution < -0.4 is 24.4 Å². The summed E-state index contributed by atoms with van der Waals surface area (Å²) in [7, 11) is 6.23. The lowest BCUT2D eigenvalue weighted by Crippen LogP contribution is -2.20. The summed E-state index contributed by atoms with van der Waals surface area (Å²) in [4.78, 5) is 12.6. The molecule has 0 bridgehead atoms. The van der Waals surface area contributed by atoms with Crippen molar-refractivity contribution in [2.75, 3.05) is 34.2 Å². The number of methoxy groups -OCH3 is 4. The second kappa shape index (κ2) is 13.2. The first-order valence-corrected chi connectivity index (χ1v) is 13.4. The van der Waals surface area contributed by atoms with Crippen molar-refractivity contribution in [2.45, 2.75) is 5.16 Å². The average molecular weight is 613 g/mol. The van der Waals surface area contributed by atoms with Gasteiger partial charge < -0.3 is 18.9 Å². The summed E-state index contributed by atoms with van der Waals surface area (Å²) in [6.07, 6.45) is 1.53. The van der Waals surface area contributed by atoms with Gasteiger partial charge in [0.15, 0.2) is 22.5 Å². The van der Waals surface area contributed by atoms with Crippen molar-refractivity contribution in [2.24, 2.45) is 5.10 Å². The highest BCUT2D eigenvalue weighted by atomic mass is 79.9. The molecule has 1 amide bonds. The van der Waals surface area contributed by atoms with Crippen molar-refractivity contribution in [3.8, 4) is 40.1 Å². The summed E-state index contributed by atoms with van der Waals surface area (Å²) in [6, 6.07) is 18.7. The molecule has 10 nitrogen and oxygen atoms in total. The Labute approximate surface area is 238 Å². The fourth-order valence-corrected chi connectivity index (χ4v) is 4.84. The summed E-state index contributed by atoms with van der Waals surface area (Å²) in [5.41, 5.74) is 4.79. The van der Waals surface area contributed by atoms with Gasteiger partial charge in [-0.3, -0.25) is 9.36 Å². The Morgan fingerprint density at radius 1 is 0.949 bits per heavy atom. The minimum atomic E-state index is -0.304. The number of carbonyl (C=O) groups is 1. The molecule has 0 spiro atoms. The van der Waals surface area contributed by atoms with Crippen LogP contribution in [0.15, 0.2) is 75.4 Å². The Bertz CT molecular complexity index is 1450. The van der Waals surface area contributed by atoms with Gasteiger partial charge in [-0.15, -0.1) is 10.2 Å². The summed E-state index contributed by atoms with van der Waals surface area (Å²) in [5.74, 6) is 2.40. The van der Waals surface area contributed by atoms with Gasteiger partial charge in [0.05, 0.1) is 40.4 Å². The number of nitrogens with zero attached hydrogens (tertiary/aromatic N) is 4. The van der Waals surface area contributed by atoms with E-state index in [0.717, 1.165) is 15.7 Å². The van der Waals surface area contributed by atoms with Gasteiger partial charge in [-0.05, 0) is 42.5 Å². The first-order valence-electron chi connectivity index (χ1n) is 11.6. The Balaban J connectivity index is 1.58. The first kappa shape index (κ1) is 28.0. The molecule has 0 aliphatic carbocycles. The molecule has 0 aliphatic rings. The quantitative estimate of drug-likeness (QED) is 0.144. The number of benzene rings is 3. The second-order valence-electron chi connectivity index (χ2n) is 7.86. The van der Waals surface area contributed by atoms with Crippen molar-refractivity contribution >= 4 is 39.8 Å². The molecule has 1 heterocycles. The first-order chi connectivity index (χ1) is 19.0. The van der Waals surface area contributed by atoms with E-state index in [9.17, 15) is 4.79 Å². The number of hydrogen-bond donors (Lipinski definition) is 1. The molecular formula is C27H26BrN5O5S. The Kier molecular flexibility index (Phi) is 9.45. The van der Waals surface area contributed by atoms with E-state index in [1.54, 1.807) is 40.6 Å². The van der Waals surface area contributed by atoms with Crippen LogP contribution in [-0.2, 0) is 4.79 Å². The number of hydrazone groups is 1. The van der Waals surface area contributed by atoms with Crippen LogP contribution in [0.1, 0.15) is 5.56 Å². The van der Waals surface area contributed by atoms with Gasteiger partial charge in [0.25, 0.3) is 5.91 Å². The molecule has 3 aromatic carbocycles. The van der Waals surface area contributed by atoms with Gasteiger partial charge in [0.2, 0.25) is 5.75 Å². The number of para-hydroxylation sites is 1. The van der Waals surface area contributed by atoms with Gasteiger partial charge in [-0.1, -0.05) is 45.9 Å². The number of ether oxygens (including phenoxy) is 4. The average Bonchev–Trinajstić information content (AvgIpc) is 3.39. The molecule has 0 unspecified atom stereocenters. The van der Waals surface area contributed by atoms with Crippen LogP contribution in [0.25, 0.3) is 17.1 Å². The number of rotatable bonds is 11. The van der Waals surface area contributed by atoms with Crippen LogP contribution in [0, 0.1) is 0 Å². The molecule has 12 heteroatoms. The standard InChI is InChI=1S/C27H26BrN5O5S/c1-35-21-11-10-19(28)12-18(21)15-29-30-24(34)16-39-27-32-31-26(33(27)20-8-6-5-7-9-20)17-13-22(36-2)25(38-4)23(14-17)37-3/h5-15H,16H2,1-4H3,(H,30,34)/b29-15+. The van der Waals surface area contributed by atoms with Crippen LogP contribution in [0.2, 0.25) is 0 Å². The molecule has 4 rings (SSSR count). The highest BCUT2D eigenvalue weighted by molar-refractivity contribution is 9.10. The maximum Gasteiger partial charge on any atom is 0.250 e. The molecule has 1 N–H and O–H groups in total. The normalized spacial score (nSPS) is 10.9. The lowest BCUT2D eigenvalue weighted by molar-refractivity contribution is -0.118. The van der Waals surface area contributed by atoms with E-state index in [4.69, 9.17) is 18.9 Å². The molecule has 1 aromatic heterocycles. The predicted molar refractivity (Wildman–Crippen MR) is 154 cm³/mol. The van der Waals surface area contributed by atoms with Crippen molar-refractivity contribution in [3.63, 3.8) is 0 Å². The zero-order valence-corrected chi connectivity index (χ0v) is 24.1. The maximum atomic E-state index is 12.6. The SMILES string of the molecule is COc1ccc(Br)cc1/C=N/NC(=O)CSc1nnc(-c2cc(OC)c(OC)c(OC)c2)n1-c1ccccc1. The third-order valence-electron chi connectivity index (χ3n) is 5.49. The van der Waals surface area contributed by atoms with Crippen LogP contribution in [0.4, 0.5) is 0 Å². The molecule has 0 saturated carbocycles. The van der Waals surface area contributed by atoms with Crippen LogP contribution in [-0.4, -0.2) is 61.1 Å². The van der Waals surface area contributed by atoms with Gasteiger partial charge in [-0.2, -0.15) is 5.10 Å². The van der Waals surface area contributed by atoms with E-state index in [0.29, 0.717) is 39.5 Å². The topological polar surface area (TPSA) is 109 Å². The molecule has 39 heavy (non-hydrogen) atoms. The highest BCUT2D eigenvalue weighted by Gasteiger charge is 2.21. The third kappa shape index (κ3) is 6.52. The molecular weight excluding hydrogens is 586 g/mol. The second-order valence-corrected chi connectivity index (χ2v) is 9.72. The van der Waals surface area contributed by atoms with E-state index < -0.39 is 0 Å².